The first-order valence-electron chi connectivity index (χ1n) is 8.84. The second kappa shape index (κ2) is 8.29. The Bertz CT molecular complexity index is 555. The van der Waals surface area contributed by atoms with E-state index in [0.29, 0.717) is 51.6 Å². The van der Waals surface area contributed by atoms with E-state index in [1.54, 1.807) is 0 Å². The predicted molar refractivity (Wildman–Crippen MR) is 89.9 cm³/mol. The Kier molecular flexibility index (Phi) is 6.62. The molecule has 2 fully saturated rings. The molecule has 138 valence electrons. The average molecular weight is 360 g/mol. The fourth-order valence-electron chi connectivity index (χ4n) is 3.51. The smallest absolute Gasteiger partial charge is 0.306 e. The number of hydrogen-bond acceptors (Lipinski definition) is 4. The number of carbonyl (C=O) groups excluding carboxylic acids is 1. The van der Waals surface area contributed by atoms with Crippen LogP contribution in [0.2, 0.25) is 0 Å². The fraction of sp³-hybridized carbons (Fsp3) is 0.875. The summed E-state index contributed by atoms with van der Waals surface area (Å²) in [5.41, 5.74) is 0. The molecule has 0 aromatic heterocycles. The zero-order chi connectivity index (χ0) is 17.7. The summed E-state index contributed by atoms with van der Waals surface area (Å²) in [5.74, 6) is -1.21. The van der Waals surface area contributed by atoms with Gasteiger partial charge in [-0.1, -0.05) is 13.3 Å². The standard InChI is InChI=1S/C16H28N2O5S/c1-2-3-10-24(22,23)18-8-6-12(7-9-18)15(19)17-14-5-4-13(11-14)16(20)21/h12-14H,2-11H2,1H3,(H,17,19)(H,20,21)/t13-,14+/m1/s1. The highest BCUT2D eigenvalue weighted by atomic mass is 32.2. The molecule has 1 saturated heterocycles. The lowest BCUT2D eigenvalue weighted by molar-refractivity contribution is -0.141. The number of nitrogens with zero attached hydrogens (tertiary/aromatic N) is 1. The molecule has 0 aromatic rings. The van der Waals surface area contributed by atoms with Crippen molar-refractivity contribution < 1.29 is 23.1 Å². The molecule has 0 bridgehead atoms. The molecule has 2 aliphatic rings. The van der Waals surface area contributed by atoms with Crippen LogP contribution in [0.25, 0.3) is 0 Å². The number of aliphatic carboxylic acids is 1. The largest absolute Gasteiger partial charge is 0.481 e. The first-order valence-corrected chi connectivity index (χ1v) is 10.5. The molecule has 1 saturated carbocycles. The Balaban J connectivity index is 1.78. The number of unbranched alkanes of at least 4 members (excludes halogenated alkanes) is 1. The van der Waals surface area contributed by atoms with Gasteiger partial charge in [-0.25, -0.2) is 12.7 Å². The number of carboxylic acids is 1. The quantitative estimate of drug-likeness (QED) is 0.710. The number of piperidine rings is 1. The number of nitrogens with one attached hydrogen (secondary N) is 1. The third-order valence-electron chi connectivity index (χ3n) is 5.10. The fourth-order valence-corrected chi connectivity index (χ4v) is 5.19. The number of carbonyl (C=O) groups is 2. The lowest BCUT2D eigenvalue weighted by atomic mass is 9.96. The second-order valence-electron chi connectivity index (χ2n) is 6.90. The number of carboxylic acid groups (broad SMARTS) is 1. The van der Waals surface area contributed by atoms with Crippen molar-refractivity contribution in [3.8, 4) is 0 Å². The third-order valence-corrected chi connectivity index (χ3v) is 7.06. The summed E-state index contributed by atoms with van der Waals surface area (Å²) in [7, 11) is -3.20. The van der Waals surface area contributed by atoms with Crippen LogP contribution < -0.4 is 5.32 Å². The first kappa shape index (κ1) is 19.2. The Morgan fingerprint density at radius 1 is 1.12 bits per heavy atom. The highest BCUT2D eigenvalue weighted by molar-refractivity contribution is 7.89. The van der Waals surface area contributed by atoms with Crippen molar-refractivity contribution in [3.05, 3.63) is 0 Å². The molecule has 2 atom stereocenters. The van der Waals surface area contributed by atoms with Crippen LogP contribution in [0, 0.1) is 11.8 Å². The molecule has 1 aliphatic carbocycles. The molecule has 0 aromatic carbocycles. The zero-order valence-corrected chi connectivity index (χ0v) is 15.1. The summed E-state index contributed by atoms with van der Waals surface area (Å²) < 4.78 is 25.8. The minimum Gasteiger partial charge on any atom is -0.481 e. The first-order chi connectivity index (χ1) is 11.3. The maximum absolute atomic E-state index is 12.3. The van der Waals surface area contributed by atoms with Crippen LogP contribution in [-0.4, -0.2) is 54.6 Å². The van der Waals surface area contributed by atoms with E-state index >= 15 is 0 Å². The van der Waals surface area contributed by atoms with Crippen molar-refractivity contribution in [1.82, 2.24) is 9.62 Å². The molecule has 1 heterocycles. The SMILES string of the molecule is CCCCS(=O)(=O)N1CCC(C(=O)N[C@H]2CC[C@@H](C(=O)O)C2)CC1. The van der Waals surface area contributed by atoms with Gasteiger partial charge in [-0.15, -0.1) is 0 Å². The van der Waals surface area contributed by atoms with Crippen LogP contribution in [0.5, 0.6) is 0 Å². The van der Waals surface area contributed by atoms with Crippen LogP contribution in [0.4, 0.5) is 0 Å². The topological polar surface area (TPSA) is 104 Å². The highest BCUT2D eigenvalue weighted by Gasteiger charge is 2.34. The average Bonchev–Trinajstić information content (AvgIpc) is 3.02. The van der Waals surface area contributed by atoms with E-state index in [1.165, 1.54) is 4.31 Å². The van der Waals surface area contributed by atoms with Crippen LogP contribution >= 0.6 is 0 Å². The van der Waals surface area contributed by atoms with Gasteiger partial charge in [0, 0.05) is 25.0 Å². The predicted octanol–water partition coefficient (Wildman–Crippen LogP) is 1.20. The molecular weight excluding hydrogens is 332 g/mol. The van der Waals surface area contributed by atoms with Crippen LogP contribution in [0.15, 0.2) is 0 Å². The number of sulfonamides is 1. The van der Waals surface area contributed by atoms with Gasteiger partial charge in [-0.05, 0) is 38.5 Å². The third kappa shape index (κ3) is 4.92. The summed E-state index contributed by atoms with van der Waals surface area (Å²) in [5, 5.41) is 12.0. The molecule has 0 radical (unpaired) electrons. The molecule has 7 nitrogen and oxygen atoms in total. The van der Waals surface area contributed by atoms with E-state index in [9.17, 15) is 18.0 Å². The van der Waals surface area contributed by atoms with Gasteiger partial charge in [0.15, 0.2) is 0 Å². The molecule has 0 spiro atoms. The Labute approximate surface area is 143 Å². The summed E-state index contributed by atoms with van der Waals surface area (Å²) in [6, 6.07) is -0.0649. The maximum atomic E-state index is 12.3. The van der Waals surface area contributed by atoms with Crippen LogP contribution in [0.3, 0.4) is 0 Å². The van der Waals surface area contributed by atoms with Crippen molar-refractivity contribution in [2.45, 2.75) is 57.9 Å². The van der Waals surface area contributed by atoms with Gasteiger partial charge in [0.25, 0.3) is 0 Å². The normalized spacial score (nSPS) is 26.4. The minimum atomic E-state index is -3.20. The van der Waals surface area contributed by atoms with Gasteiger partial charge in [-0.3, -0.25) is 9.59 Å². The van der Waals surface area contributed by atoms with E-state index in [1.807, 2.05) is 6.92 Å². The number of hydrogen-bond donors (Lipinski definition) is 2. The van der Waals surface area contributed by atoms with Crippen molar-refractivity contribution >= 4 is 21.9 Å². The van der Waals surface area contributed by atoms with Crippen molar-refractivity contribution in [2.75, 3.05) is 18.8 Å². The minimum absolute atomic E-state index is 0.0587. The van der Waals surface area contributed by atoms with Crippen molar-refractivity contribution in [2.24, 2.45) is 11.8 Å². The summed E-state index contributed by atoms with van der Waals surface area (Å²) in [6.45, 7) is 2.75. The second-order valence-corrected chi connectivity index (χ2v) is 8.99. The molecule has 1 amide bonds. The van der Waals surface area contributed by atoms with Crippen molar-refractivity contribution in [3.63, 3.8) is 0 Å². The van der Waals surface area contributed by atoms with E-state index in [2.05, 4.69) is 5.32 Å². The van der Waals surface area contributed by atoms with E-state index in [-0.39, 0.29) is 29.5 Å². The summed E-state index contributed by atoms with van der Waals surface area (Å²) in [6.07, 6.45) is 4.37. The molecule has 2 rings (SSSR count). The van der Waals surface area contributed by atoms with E-state index < -0.39 is 16.0 Å². The monoisotopic (exact) mass is 360 g/mol. The molecular formula is C16H28N2O5S. The van der Waals surface area contributed by atoms with Crippen molar-refractivity contribution in [1.29, 1.82) is 0 Å². The van der Waals surface area contributed by atoms with Gasteiger partial charge in [0.2, 0.25) is 15.9 Å². The Morgan fingerprint density at radius 2 is 1.79 bits per heavy atom. The van der Waals surface area contributed by atoms with Gasteiger partial charge in [0.1, 0.15) is 0 Å². The molecule has 24 heavy (non-hydrogen) atoms. The van der Waals surface area contributed by atoms with Gasteiger partial charge in [0.05, 0.1) is 11.7 Å². The van der Waals surface area contributed by atoms with E-state index in [0.717, 1.165) is 6.42 Å². The lowest BCUT2D eigenvalue weighted by Crippen LogP contribution is -2.45. The molecule has 1 aliphatic heterocycles. The molecule has 0 unspecified atom stereocenters. The van der Waals surface area contributed by atoms with Crippen LogP contribution in [0.1, 0.15) is 51.9 Å². The van der Waals surface area contributed by atoms with Gasteiger partial charge >= 0.3 is 5.97 Å². The molecule has 2 N–H and O–H groups in total. The number of rotatable bonds is 7. The van der Waals surface area contributed by atoms with Gasteiger partial charge < -0.3 is 10.4 Å². The Hall–Kier alpha value is -1.15. The van der Waals surface area contributed by atoms with E-state index in [4.69, 9.17) is 5.11 Å². The van der Waals surface area contributed by atoms with Gasteiger partial charge in [-0.2, -0.15) is 0 Å². The zero-order valence-electron chi connectivity index (χ0n) is 14.2. The lowest BCUT2D eigenvalue weighted by Gasteiger charge is -2.31. The summed E-state index contributed by atoms with van der Waals surface area (Å²) >= 11 is 0. The maximum Gasteiger partial charge on any atom is 0.306 e. The number of amides is 1. The summed E-state index contributed by atoms with van der Waals surface area (Å²) in [4.78, 5) is 23.3. The molecule has 8 heteroatoms. The van der Waals surface area contributed by atoms with Crippen LogP contribution in [-0.2, 0) is 19.6 Å². The highest BCUT2D eigenvalue weighted by Crippen LogP contribution is 2.27. The Morgan fingerprint density at radius 3 is 2.33 bits per heavy atom.